The van der Waals surface area contributed by atoms with Crippen LogP contribution < -0.4 is 9.88 Å². The van der Waals surface area contributed by atoms with Crippen molar-refractivity contribution in [3.05, 3.63) is 30.1 Å². The minimum Gasteiger partial charge on any atom is -0.444 e. The molecule has 0 aliphatic heterocycles. The molecule has 94 valence electrons. The number of ether oxygens (including phenoxy) is 1. The number of hydrogen-bond donors (Lipinski definition) is 1. The van der Waals surface area contributed by atoms with Crippen molar-refractivity contribution in [2.75, 3.05) is 6.54 Å². The minimum atomic E-state index is -0.443. The lowest BCUT2D eigenvalue weighted by Gasteiger charge is -2.19. The summed E-state index contributed by atoms with van der Waals surface area (Å²) in [7, 11) is 0. The Balaban J connectivity index is 2.28. The van der Waals surface area contributed by atoms with Crippen LogP contribution in [0.4, 0.5) is 4.79 Å². The number of alkyl carbamates (subject to hydrolysis) is 1. The molecule has 0 unspecified atom stereocenters. The van der Waals surface area contributed by atoms with E-state index in [2.05, 4.69) is 5.32 Å². The van der Waals surface area contributed by atoms with Gasteiger partial charge in [-0.1, -0.05) is 0 Å². The third kappa shape index (κ3) is 5.90. The predicted molar refractivity (Wildman–Crippen MR) is 65.6 cm³/mol. The first-order valence-corrected chi connectivity index (χ1v) is 5.79. The third-order valence-corrected chi connectivity index (χ3v) is 2.10. The number of nitrogens with zero attached hydrogens (tertiary/aromatic N) is 1. The average molecular weight is 237 g/mol. The number of carbonyl (C=O) groups is 1. The normalized spacial score (nSPS) is 11.1. The summed E-state index contributed by atoms with van der Waals surface area (Å²) >= 11 is 0. The summed E-state index contributed by atoms with van der Waals surface area (Å²) < 4.78 is 7.15. The Bertz CT molecular complexity index is 366. The minimum absolute atomic E-state index is 0.370. The monoisotopic (exact) mass is 237 g/mol. The quantitative estimate of drug-likeness (QED) is 0.815. The second kappa shape index (κ2) is 5.66. The molecule has 17 heavy (non-hydrogen) atoms. The molecule has 0 bridgehead atoms. The molecular weight excluding hydrogens is 216 g/mol. The van der Waals surface area contributed by atoms with E-state index in [-0.39, 0.29) is 6.09 Å². The van der Waals surface area contributed by atoms with Gasteiger partial charge in [0.15, 0.2) is 18.9 Å². The molecule has 1 N–H and O–H groups in total. The lowest BCUT2D eigenvalue weighted by molar-refractivity contribution is -0.694. The van der Waals surface area contributed by atoms with Gasteiger partial charge in [-0.3, -0.25) is 0 Å². The molecule has 4 nitrogen and oxygen atoms in total. The Hall–Kier alpha value is -1.58. The molecule has 0 aromatic carbocycles. The molecule has 4 heteroatoms. The van der Waals surface area contributed by atoms with E-state index in [1.54, 1.807) is 0 Å². The van der Waals surface area contributed by atoms with E-state index in [1.807, 2.05) is 56.8 Å². The van der Waals surface area contributed by atoms with Crippen LogP contribution in [0.15, 0.2) is 24.5 Å². The second-order valence-corrected chi connectivity index (χ2v) is 5.04. The van der Waals surface area contributed by atoms with Gasteiger partial charge in [0.2, 0.25) is 0 Å². The van der Waals surface area contributed by atoms with Crippen molar-refractivity contribution in [1.82, 2.24) is 5.32 Å². The van der Waals surface area contributed by atoms with Gasteiger partial charge in [0.25, 0.3) is 0 Å². The summed E-state index contributed by atoms with van der Waals surface area (Å²) in [4.78, 5) is 11.4. The first kappa shape index (κ1) is 13.5. The predicted octanol–water partition coefficient (Wildman–Crippen LogP) is 1.81. The zero-order valence-electron chi connectivity index (χ0n) is 11.0. The molecule has 0 atom stereocenters. The number of amides is 1. The van der Waals surface area contributed by atoms with Gasteiger partial charge in [-0.2, -0.15) is 0 Å². The van der Waals surface area contributed by atoms with Crippen molar-refractivity contribution in [2.24, 2.45) is 0 Å². The number of rotatable bonds is 3. The maximum absolute atomic E-state index is 11.4. The summed E-state index contributed by atoms with van der Waals surface area (Å²) in [5.41, 5.74) is 0.780. The van der Waals surface area contributed by atoms with E-state index in [9.17, 15) is 4.79 Å². The Morgan fingerprint density at radius 2 is 1.94 bits per heavy atom. The van der Waals surface area contributed by atoms with Crippen LogP contribution in [-0.4, -0.2) is 18.2 Å². The summed E-state index contributed by atoms with van der Waals surface area (Å²) in [6.07, 6.45) is 3.61. The molecule has 0 saturated carbocycles. The third-order valence-electron chi connectivity index (χ3n) is 2.10. The number of pyridine rings is 1. The lowest BCUT2D eigenvalue weighted by atomic mass is 10.2. The van der Waals surface area contributed by atoms with Gasteiger partial charge >= 0.3 is 6.09 Å². The van der Waals surface area contributed by atoms with Crippen LogP contribution in [0.2, 0.25) is 0 Å². The standard InChI is InChI=1S/C13H20N2O2/c1-11-5-8-15(9-6-11)10-7-14-12(16)17-13(2,3)4/h5-6,8-9H,7,10H2,1-4H3/p+1. The summed E-state index contributed by atoms with van der Waals surface area (Å²) in [5.74, 6) is 0. The molecule has 0 radical (unpaired) electrons. The van der Waals surface area contributed by atoms with Gasteiger partial charge in [-0.15, -0.1) is 0 Å². The molecule has 1 aromatic rings. The van der Waals surface area contributed by atoms with Gasteiger partial charge in [-0.25, -0.2) is 9.36 Å². The van der Waals surface area contributed by atoms with Crippen molar-refractivity contribution in [2.45, 2.75) is 39.8 Å². The molecule has 1 amide bonds. The zero-order chi connectivity index (χ0) is 12.9. The topological polar surface area (TPSA) is 42.2 Å². The van der Waals surface area contributed by atoms with Gasteiger partial charge in [-0.05, 0) is 33.3 Å². The molecule has 1 rings (SSSR count). The highest BCUT2D eigenvalue weighted by molar-refractivity contribution is 5.67. The first-order chi connectivity index (χ1) is 7.87. The van der Waals surface area contributed by atoms with Crippen molar-refractivity contribution >= 4 is 6.09 Å². The smallest absolute Gasteiger partial charge is 0.407 e. The molecule has 0 saturated heterocycles. The van der Waals surface area contributed by atoms with Crippen molar-refractivity contribution in [1.29, 1.82) is 0 Å². The van der Waals surface area contributed by atoms with E-state index >= 15 is 0 Å². The molecule has 1 aromatic heterocycles. The van der Waals surface area contributed by atoms with Crippen LogP contribution in [-0.2, 0) is 11.3 Å². The molecule has 0 spiro atoms. The second-order valence-electron chi connectivity index (χ2n) is 5.04. The van der Waals surface area contributed by atoms with Crippen molar-refractivity contribution < 1.29 is 14.1 Å². The highest BCUT2D eigenvalue weighted by Crippen LogP contribution is 2.05. The Morgan fingerprint density at radius 1 is 1.35 bits per heavy atom. The van der Waals surface area contributed by atoms with Gasteiger partial charge in [0.05, 0.1) is 6.54 Å². The van der Waals surface area contributed by atoms with E-state index in [4.69, 9.17) is 4.74 Å². The van der Waals surface area contributed by atoms with Crippen molar-refractivity contribution in [3.8, 4) is 0 Å². The Morgan fingerprint density at radius 3 is 2.47 bits per heavy atom. The SMILES string of the molecule is Cc1cc[n+](CCNC(=O)OC(C)(C)C)cc1. The van der Waals surface area contributed by atoms with Crippen LogP contribution in [0.5, 0.6) is 0 Å². The van der Waals surface area contributed by atoms with Crippen LogP contribution >= 0.6 is 0 Å². The van der Waals surface area contributed by atoms with Gasteiger partial charge < -0.3 is 10.1 Å². The molecule has 0 aliphatic carbocycles. The largest absolute Gasteiger partial charge is 0.444 e. The summed E-state index contributed by atoms with van der Waals surface area (Å²) in [5, 5.41) is 2.72. The Labute approximate surface area is 103 Å². The van der Waals surface area contributed by atoms with Crippen LogP contribution in [0.1, 0.15) is 26.3 Å². The fraction of sp³-hybridized carbons (Fsp3) is 0.538. The zero-order valence-corrected chi connectivity index (χ0v) is 11.0. The van der Waals surface area contributed by atoms with Crippen LogP contribution in [0.25, 0.3) is 0 Å². The number of aryl methyl sites for hydroxylation is 1. The number of carbonyl (C=O) groups excluding carboxylic acids is 1. The van der Waals surface area contributed by atoms with E-state index in [0.29, 0.717) is 6.54 Å². The van der Waals surface area contributed by atoms with Gasteiger partial charge in [0, 0.05) is 12.1 Å². The fourth-order valence-corrected chi connectivity index (χ4v) is 1.28. The number of hydrogen-bond acceptors (Lipinski definition) is 2. The summed E-state index contributed by atoms with van der Waals surface area (Å²) in [6, 6.07) is 4.07. The van der Waals surface area contributed by atoms with Gasteiger partial charge in [0.1, 0.15) is 5.60 Å². The molecule has 1 heterocycles. The van der Waals surface area contributed by atoms with Crippen LogP contribution in [0, 0.1) is 6.92 Å². The van der Waals surface area contributed by atoms with Crippen LogP contribution in [0.3, 0.4) is 0 Å². The average Bonchev–Trinajstić information content (AvgIpc) is 2.18. The van der Waals surface area contributed by atoms with E-state index in [1.165, 1.54) is 5.56 Å². The number of aromatic nitrogens is 1. The molecular formula is C13H21N2O2+. The maximum atomic E-state index is 11.4. The summed E-state index contributed by atoms with van der Waals surface area (Å²) in [6.45, 7) is 8.88. The van der Waals surface area contributed by atoms with E-state index < -0.39 is 5.60 Å². The molecule has 0 aliphatic rings. The Kier molecular flexibility index (Phi) is 4.49. The fourth-order valence-electron chi connectivity index (χ4n) is 1.28. The maximum Gasteiger partial charge on any atom is 0.407 e. The number of nitrogens with one attached hydrogen (secondary N) is 1. The van der Waals surface area contributed by atoms with Crippen molar-refractivity contribution in [3.63, 3.8) is 0 Å². The highest BCUT2D eigenvalue weighted by atomic mass is 16.6. The van der Waals surface area contributed by atoms with E-state index in [0.717, 1.165) is 6.54 Å². The highest BCUT2D eigenvalue weighted by Gasteiger charge is 2.15. The lowest BCUT2D eigenvalue weighted by Crippen LogP contribution is -2.41. The first-order valence-electron chi connectivity index (χ1n) is 5.79. The molecule has 0 fully saturated rings.